The van der Waals surface area contributed by atoms with Gasteiger partial charge in [0.1, 0.15) is 10.7 Å². The minimum Gasteiger partial charge on any atom is -0.329 e. The molecule has 0 saturated heterocycles. The quantitative estimate of drug-likeness (QED) is 0.804. The third kappa shape index (κ3) is 3.72. The highest BCUT2D eigenvalue weighted by Gasteiger charge is 2.24. The SMILES string of the molecule is CCCCN(CCN)S(=O)(=O)c1cncc(F)c1. The molecule has 5 nitrogen and oxygen atoms in total. The average molecular weight is 275 g/mol. The maximum Gasteiger partial charge on any atom is 0.244 e. The van der Waals surface area contributed by atoms with Gasteiger partial charge in [-0.15, -0.1) is 0 Å². The van der Waals surface area contributed by atoms with Crippen molar-refractivity contribution in [1.29, 1.82) is 0 Å². The van der Waals surface area contributed by atoms with E-state index in [1.807, 2.05) is 6.92 Å². The maximum atomic E-state index is 13.0. The van der Waals surface area contributed by atoms with Gasteiger partial charge >= 0.3 is 0 Å². The highest BCUT2D eigenvalue weighted by atomic mass is 32.2. The fraction of sp³-hybridized carbons (Fsp3) is 0.545. The molecule has 0 aliphatic rings. The zero-order valence-electron chi connectivity index (χ0n) is 10.3. The summed E-state index contributed by atoms with van der Waals surface area (Å²) in [6.07, 6.45) is 3.73. The van der Waals surface area contributed by atoms with E-state index in [1.54, 1.807) is 0 Å². The normalized spacial score (nSPS) is 12.0. The van der Waals surface area contributed by atoms with Gasteiger partial charge < -0.3 is 5.73 Å². The molecule has 1 aromatic heterocycles. The van der Waals surface area contributed by atoms with Gasteiger partial charge in [-0.1, -0.05) is 13.3 Å². The van der Waals surface area contributed by atoms with Gasteiger partial charge in [-0.25, -0.2) is 12.8 Å². The molecule has 0 fully saturated rings. The van der Waals surface area contributed by atoms with Crippen LogP contribution in [0.4, 0.5) is 4.39 Å². The van der Waals surface area contributed by atoms with E-state index < -0.39 is 15.8 Å². The molecule has 0 saturated carbocycles. The number of sulfonamides is 1. The van der Waals surface area contributed by atoms with Crippen LogP contribution in [-0.4, -0.2) is 37.3 Å². The van der Waals surface area contributed by atoms with Gasteiger partial charge in [0, 0.05) is 25.8 Å². The predicted molar refractivity (Wildman–Crippen MR) is 66.9 cm³/mol. The van der Waals surface area contributed by atoms with Crippen LogP contribution in [0.1, 0.15) is 19.8 Å². The molecule has 0 bridgehead atoms. The standard InChI is InChI=1S/C11H18FN3O2S/c1-2-3-5-15(6-4-13)18(16,17)11-7-10(12)8-14-9-11/h7-9H,2-6,13H2,1H3. The predicted octanol–water partition coefficient (Wildman–Crippen LogP) is 0.970. The van der Waals surface area contributed by atoms with E-state index in [-0.39, 0.29) is 18.0 Å². The van der Waals surface area contributed by atoms with Crippen molar-refractivity contribution >= 4 is 10.0 Å². The van der Waals surface area contributed by atoms with E-state index in [0.717, 1.165) is 31.3 Å². The van der Waals surface area contributed by atoms with E-state index in [1.165, 1.54) is 4.31 Å². The Bertz CT molecular complexity index is 479. The number of pyridine rings is 1. The molecule has 7 heteroatoms. The minimum absolute atomic E-state index is 0.132. The number of aromatic nitrogens is 1. The Labute approximate surface area is 107 Å². The van der Waals surface area contributed by atoms with Crippen molar-refractivity contribution in [2.24, 2.45) is 5.73 Å². The number of nitrogens with zero attached hydrogens (tertiary/aromatic N) is 2. The number of unbranched alkanes of at least 4 members (excludes halogenated alkanes) is 1. The van der Waals surface area contributed by atoms with E-state index >= 15 is 0 Å². The van der Waals surface area contributed by atoms with Crippen molar-refractivity contribution in [2.75, 3.05) is 19.6 Å². The van der Waals surface area contributed by atoms with Crippen LogP contribution in [0.5, 0.6) is 0 Å². The van der Waals surface area contributed by atoms with Crippen LogP contribution in [0.15, 0.2) is 23.4 Å². The van der Waals surface area contributed by atoms with Gasteiger partial charge in [0.15, 0.2) is 0 Å². The Kier molecular flexibility index (Phi) is 5.64. The summed E-state index contributed by atoms with van der Waals surface area (Å²) in [5, 5.41) is 0. The zero-order valence-corrected chi connectivity index (χ0v) is 11.2. The summed E-state index contributed by atoms with van der Waals surface area (Å²) in [5.41, 5.74) is 5.41. The first-order chi connectivity index (χ1) is 8.52. The van der Waals surface area contributed by atoms with Crippen molar-refractivity contribution in [3.05, 3.63) is 24.3 Å². The Balaban J connectivity index is 3.00. The number of halogens is 1. The summed E-state index contributed by atoms with van der Waals surface area (Å²) in [4.78, 5) is 3.43. The Morgan fingerprint density at radius 1 is 1.39 bits per heavy atom. The van der Waals surface area contributed by atoms with Gasteiger partial charge in [-0.3, -0.25) is 4.98 Å². The van der Waals surface area contributed by atoms with Crippen LogP contribution in [0.3, 0.4) is 0 Å². The minimum atomic E-state index is -3.71. The summed E-state index contributed by atoms with van der Waals surface area (Å²) in [6.45, 7) is 2.80. The molecule has 0 aliphatic carbocycles. The van der Waals surface area contributed by atoms with Gasteiger partial charge in [0.2, 0.25) is 10.0 Å². The number of hydrogen-bond donors (Lipinski definition) is 1. The number of rotatable bonds is 7. The number of hydrogen-bond acceptors (Lipinski definition) is 4. The molecule has 0 aliphatic heterocycles. The topological polar surface area (TPSA) is 76.3 Å². The molecule has 0 radical (unpaired) electrons. The highest BCUT2D eigenvalue weighted by molar-refractivity contribution is 7.89. The van der Waals surface area contributed by atoms with Crippen LogP contribution >= 0.6 is 0 Å². The van der Waals surface area contributed by atoms with Crippen molar-refractivity contribution in [3.63, 3.8) is 0 Å². The first-order valence-electron chi connectivity index (χ1n) is 5.83. The first kappa shape index (κ1) is 15.0. The summed E-state index contributed by atoms with van der Waals surface area (Å²) >= 11 is 0. The molecule has 1 aromatic rings. The molecule has 0 aromatic carbocycles. The molecular weight excluding hydrogens is 257 g/mol. The largest absolute Gasteiger partial charge is 0.329 e. The average Bonchev–Trinajstić information content (AvgIpc) is 2.34. The van der Waals surface area contributed by atoms with Crippen molar-refractivity contribution in [2.45, 2.75) is 24.7 Å². The molecule has 0 amide bonds. The molecule has 18 heavy (non-hydrogen) atoms. The molecule has 102 valence electrons. The summed E-state index contributed by atoms with van der Waals surface area (Å²) in [5.74, 6) is -0.667. The second-order valence-electron chi connectivity index (χ2n) is 3.89. The van der Waals surface area contributed by atoms with E-state index in [9.17, 15) is 12.8 Å². The third-order valence-electron chi connectivity index (χ3n) is 2.46. The lowest BCUT2D eigenvalue weighted by molar-refractivity contribution is 0.409. The van der Waals surface area contributed by atoms with Gasteiger partial charge in [-0.2, -0.15) is 4.31 Å². The lowest BCUT2D eigenvalue weighted by Crippen LogP contribution is -2.36. The molecular formula is C11H18FN3O2S. The van der Waals surface area contributed by atoms with E-state index in [4.69, 9.17) is 5.73 Å². The van der Waals surface area contributed by atoms with Crippen LogP contribution in [0, 0.1) is 5.82 Å². The fourth-order valence-electron chi connectivity index (χ4n) is 1.51. The first-order valence-corrected chi connectivity index (χ1v) is 7.27. The summed E-state index contributed by atoms with van der Waals surface area (Å²) < 4.78 is 38.8. The Morgan fingerprint density at radius 2 is 2.11 bits per heavy atom. The second kappa shape index (κ2) is 6.77. The number of nitrogens with two attached hydrogens (primary N) is 1. The lowest BCUT2D eigenvalue weighted by Gasteiger charge is -2.21. The Morgan fingerprint density at radius 3 is 2.67 bits per heavy atom. The van der Waals surface area contributed by atoms with Crippen LogP contribution in [-0.2, 0) is 10.0 Å². The van der Waals surface area contributed by atoms with Crippen LogP contribution in [0.25, 0.3) is 0 Å². The highest BCUT2D eigenvalue weighted by Crippen LogP contribution is 2.15. The molecule has 0 unspecified atom stereocenters. The molecule has 0 atom stereocenters. The van der Waals surface area contributed by atoms with Crippen molar-refractivity contribution in [3.8, 4) is 0 Å². The summed E-state index contributed by atoms with van der Waals surface area (Å²) in [7, 11) is -3.71. The van der Waals surface area contributed by atoms with Gasteiger partial charge in [-0.05, 0) is 12.5 Å². The maximum absolute atomic E-state index is 13.0. The second-order valence-corrected chi connectivity index (χ2v) is 5.82. The molecule has 1 rings (SSSR count). The summed E-state index contributed by atoms with van der Waals surface area (Å²) in [6, 6.07) is 0.970. The van der Waals surface area contributed by atoms with Crippen LogP contribution < -0.4 is 5.73 Å². The van der Waals surface area contributed by atoms with Crippen LogP contribution in [0.2, 0.25) is 0 Å². The van der Waals surface area contributed by atoms with Crippen molar-refractivity contribution < 1.29 is 12.8 Å². The van der Waals surface area contributed by atoms with Gasteiger partial charge in [0.05, 0.1) is 6.20 Å². The monoisotopic (exact) mass is 275 g/mol. The van der Waals surface area contributed by atoms with Gasteiger partial charge in [0.25, 0.3) is 0 Å². The molecule has 1 heterocycles. The fourth-order valence-corrected chi connectivity index (χ4v) is 2.98. The lowest BCUT2D eigenvalue weighted by atomic mass is 10.3. The smallest absolute Gasteiger partial charge is 0.244 e. The van der Waals surface area contributed by atoms with E-state index in [0.29, 0.717) is 6.54 Å². The third-order valence-corrected chi connectivity index (χ3v) is 4.32. The molecule has 2 N–H and O–H groups in total. The van der Waals surface area contributed by atoms with E-state index in [2.05, 4.69) is 4.98 Å². The molecule has 0 spiro atoms. The zero-order chi connectivity index (χ0) is 13.6. The Hall–Kier alpha value is -1.05. The van der Waals surface area contributed by atoms with Crippen molar-refractivity contribution in [1.82, 2.24) is 9.29 Å².